The molecule has 110 valence electrons. The topological polar surface area (TPSA) is 82.7 Å². The van der Waals surface area contributed by atoms with E-state index in [0.29, 0.717) is 5.82 Å². The third-order valence-electron chi connectivity index (χ3n) is 3.14. The van der Waals surface area contributed by atoms with Crippen molar-refractivity contribution in [1.29, 1.82) is 0 Å². The van der Waals surface area contributed by atoms with Crippen LogP contribution in [0, 0.1) is 0 Å². The van der Waals surface area contributed by atoms with Crippen LogP contribution in [0.5, 0.6) is 0 Å². The highest BCUT2D eigenvalue weighted by Crippen LogP contribution is 2.24. The largest absolute Gasteiger partial charge is 0.393 e. The molecule has 1 atom stereocenters. The van der Waals surface area contributed by atoms with Crippen LogP contribution < -0.4 is 5.32 Å². The lowest BCUT2D eigenvalue weighted by molar-refractivity contribution is 0.0132. The second-order valence-corrected chi connectivity index (χ2v) is 6.39. The molecule has 0 spiro atoms. The molecule has 0 aliphatic rings. The van der Waals surface area contributed by atoms with Crippen molar-refractivity contribution >= 4 is 11.3 Å². The van der Waals surface area contributed by atoms with Crippen molar-refractivity contribution in [3.05, 3.63) is 24.2 Å². The zero-order valence-corrected chi connectivity index (χ0v) is 12.4. The number of anilines is 1. The SMILES string of the molecule is CC(O)(CO)CNc1nccn2nc(C(C)(C)C)cc12. The Bertz CT molecular complexity index is 599. The van der Waals surface area contributed by atoms with E-state index < -0.39 is 5.60 Å². The molecule has 6 nitrogen and oxygen atoms in total. The van der Waals surface area contributed by atoms with Crippen molar-refractivity contribution in [2.24, 2.45) is 0 Å². The molecule has 2 aromatic heterocycles. The summed E-state index contributed by atoms with van der Waals surface area (Å²) in [6.07, 6.45) is 3.45. The number of nitrogens with one attached hydrogen (secondary N) is 1. The van der Waals surface area contributed by atoms with E-state index in [4.69, 9.17) is 5.11 Å². The number of hydrogen-bond donors (Lipinski definition) is 3. The summed E-state index contributed by atoms with van der Waals surface area (Å²) in [7, 11) is 0. The Balaban J connectivity index is 2.32. The molecule has 0 aliphatic carbocycles. The number of fused-ring (bicyclic) bond motifs is 1. The third kappa shape index (κ3) is 3.08. The number of nitrogens with zero attached hydrogens (tertiary/aromatic N) is 3. The summed E-state index contributed by atoms with van der Waals surface area (Å²) in [5, 5.41) is 26.5. The molecular weight excluding hydrogens is 256 g/mol. The van der Waals surface area contributed by atoms with Crippen LogP contribution in [-0.4, -0.2) is 43.6 Å². The van der Waals surface area contributed by atoms with E-state index in [1.807, 2.05) is 6.07 Å². The van der Waals surface area contributed by atoms with Crippen LogP contribution in [0.4, 0.5) is 5.82 Å². The van der Waals surface area contributed by atoms with Gasteiger partial charge in [-0.05, 0) is 13.0 Å². The summed E-state index contributed by atoms with van der Waals surface area (Å²) in [6.45, 7) is 7.78. The quantitative estimate of drug-likeness (QED) is 0.782. The lowest BCUT2D eigenvalue weighted by Gasteiger charge is -2.21. The van der Waals surface area contributed by atoms with Crippen LogP contribution in [0.15, 0.2) is 18.5 Å². The van der Waals surface area contributed by atoms with Crippen molar-refractivity contribution in [3.63, 3.8) is 0 Å². The molecule has 0 aromatic carbocycles. The predicted molar refractivity (Wildman–Crippen MR) is 77.9 cm³/mol. The van der Waals surface area contributed by atoms with Gasteiger partial charge >= 0.3 is 0 Å². The second-order valence-electron chi connectivity index (χ2n) is 6.39. The summed E-state index contributed by atoms with van der Waals surface area (Å²) in [5.41, 5.74) is 0.606. The number of hydrogen-bond acceptors (Lipinski definition) is 5. The van der Waals surface area contributed by atoms with Crippen LogP contribution >= 0.6 is 0 Å². The van der Waals surface area contributed by atoms with Gasteiger partial charge in [0, 0.05) is 24.4 Å². The number of aliphatic hydroxyl groups is 2. The van der Waals surface area contributed by atoms with Crippen LogP contribution in [0.3, 0.4) is 0 Å². The molecule has 0 aliphatic heterocycles. The predicted octanol–water partition coefficient (Wildman–Crippen LogP) is 1.18. The standard InChI is InChI=1S/C14H22N4O2/c1-13(2,3)11-7-10-12(15-5-6-18(10)17-11)16-8-14(4,20)9-19/h5-7,19-20H,8-9H2,1-4H3,(H,15,16). The Morgan fingerprint density at radius 2 is 2.00 bits per heavy atom. The number of rotatable bonds is 4. The van der Waals surface area contributed by atoms with Crippen molar-refractivity contribution < 1.29 is 10.2 Å². The van der Waals surface area contributed by atoms with Crippen molar-refractivity contribution in [1.82, 2.24) is 14.6 Å². The molecule has 0 bridgehead atoms. The molecule has 6 heteroatoms. The van der Waals surface area contributed by atoms with E-state index in [1.165, 1.54) is 0 Å². The van der Waals surface area contributed by atoms with Crippen LogP contribution in [0.2, 0.25) is 0 Å². The summed E-state index contributed by atoms with van der Waals surface area (Å²) in [4.78, 5) is 4.27. The fraction of sp³-hybridized carbons (Fsp3) is 0.571. The average Bonchev–Trinajstić information content (AvgIpc) is 2.80. The van der Waals surface area contributed by atoms with Gasteiger partial charge in [0.2, 0.25) is 0 Å². The maximum atomic E-state index is 9.83. The van der Waals surface area contributed by atoms with Crippen molar-refractivity contribution in [2.75, 3.05) is 18.5 Å². The van der Waals surface area contributed by atoms with Gasteiger partial charge in [0.05, 0.1) is 12.3 Å². The van der Waals surface area contributed by atoms with Gasteiger partial charge in [-0.2, -0.15) is 5.10 Å². The molecular formula is C14H22N4O2. The van der Waals surface area contributed by atoms with Crippen LogP contribution in [-0.2, 0) is 5.41 Å². The summed E-state index contributed by atoms with van der Waals surface area (Å²) in [6, 6.07) is 1.99. The van der Waals surface area contributed by atoms with Gasteiger partial charge < -0.3 is 15.5 Å². The highest BCUT2D eigenvalue weighted by molar-refractivity contribution is 5.68. The Morgan fingerprint density at radius 3 is 2.60 bits per heavy atom. The zero-order chi connectivity index (χ0) is 15.0. The molecule has 1 unspecified atom stereocenters. The Morgan fingerprint density at radius 1 is 1.30 bits per heavy atom. The van der Waals surface area contributed by atoms with Crippen molar-refractivity contribution in [3.8, 4) is 0 Å². The average molecular weight is 278 g/mol. The molecule has 3 N–H and O–H groups in total. The fourth-order valence-electron chi connectivity index (χ4n) is 1.75. The number of aliphatic hydroxyl groups excluding tert-OH is 1. The molecule has 0 saturated carbocycles. The molecule has 0 saturated heterocycles. The first-order valence-electron chi connectivity index (χ1n) is 6.65. The van der Waals surface area contributed by atoms with E-state index in [-0.39, 0.29) is 18.6 Å². The lowest BCUT2D eigenvalue weighted by Crippen LogP contribution is -2.37. The first-order chi connectivity index (χ1) is 9.23. The lowest BCUT2D eigenvalue weighted by atomic mass is 9.92. The molecule has 2 rings (SSSR count). The van der Waals surface area contributed by atoms with Crippen molar-refractivity contribution in [2.45, 2.75) is 38.7 Å². The Kier molecular flexibility index (Phi) is 3.71. The first-order valence-corrected chi connectivity index (χ1v) is 6.65. The van der Waals surface area contributed by atoms with E-state index in [2.05, 4.69) is 36.2 Å². The zero-order valence-electron chi connectivity index (χ0n) is 12.4. The minimum absolute atomic E-state index is 0.0418. The Hall–Kier alpha value is -1.66. The highest BCUT2D eigenvalue weighted by Gasteiger charge is 2.21. The van der Waals surface area contributed by atoms with Gasteiger partial charge in [0.25, 0.3) is 0 Å². The smallest absolute Gasteiger partial charge is 0.152 e. The maximum absolute atomic E-state index is 9.83. The molecule has 0 amide bonds. The minimum atomic E-state index is -1.18. The normalized spacial score (nSPS) is 15.3. The summed E-state index contributed by atoms with van der Waals surface area (Å²) < 4.78 is 1.77. The summed E-state index contributed by atoms with van der Waals surface area (Å²) >= 11 is 0. The highest BCUT2D eigenvalue weighted by atomic mass is 16.3. The number of aromatic nitrogens is 3. The fourth-order valence-corrected chi connectivity index (χ4v) is 1.75. The second kappa shape index (κ2) is 5.03. The monoisotopic (exact) mass is 278 g/mol. The first kappa shape index (κ1) is 14.7. The van der Waals surface area contributed by atoms with Gasteiger partial charge in [-0.3, -0.25) is 0 Å². The van der Waals surface area contributed by atoms with E-state index in [0.717, 1.165) is 11.2 Å². The molecule has 2 heterocycles. The minimum Gasteiger partial charge on any atom is -0.393 e. The van der Waals surface area contributed by atoms with Gasteiger partial charge in [-0.1, -0.05) is 20.8 Å². The summed E-state index contributed by atoms with van der Waals surface area (Å²) in [5.74, 6) is 0.643. The van der Waals surface area contributed by atoms with Gasteiger partial charge in [0.15, 0.2) is 5.82 Å². The molecule has 2 aromatic rings. The van der Waals surface area contributed by atoms with E-state index >= 15 is 0 Å². The van der Waals surface area contributed by atoms with E-state index in [1.54, 1.807) is 23.8 Å². The molecule has 20 heavy (non-hydrogen) atoms. The Labute approximate surface area is 118 Å². The van der Waals surface area contributed by atoms with E-state index in [9.17, 15) is 5.11 Å². The van der Waals surface area contributed by atoms with Crippen LogP contribution in [0.25, 0.3) is 5.52 Å². The van der Waals surface area contributed by atoms with Crippen LogP contribution in [0.1, 0.15) is 33.4 Å². The van der Waals surface area contributed by atoms with Gasteiger partial charge in [0.1, 0.15) is 11.1 Å². The van der Waals surface area contributed by atoms with Gasteiger partial charge in [-0.15, -0.1) is 0 Å². The maximum Gasteiger partial charge on any atom is 0.152 e. The molecule has 0 radical (unpaired) electrons. The third-order valence-corrected chi connectivity index (χ3v) is 3.14. The van der Waals surface area contributed by atoms with Gasteiger partial charge in [-0.25, -0.2) is 9.50 Å². The molecule has 0 fully saturated rings.